The molecule has 0 radical (unpaired) electrons. The van der Waals surface area contributed by atoms with Crippen LogP contribution < -0.4 is 10.1 Å². The second-order valence-corrected chi connectivity index (χ2v) is 6.48. The zero-order valence-electron chi connectivity index (χ0n) is 13.0. The SMILES string of the molecule is COc1ccc(C(=O)N[C@@H]2CCSc3ccccc32)cc1[N+](=O)[O-]. The number of thioether (sulfide) groups is 1. The van der Waals surface area contributed by atoms with Crippen LogP contribution in [0.1, 0.15) is 28.4 Å². The molecule has 0 aliphatic carbocycles. The van der Waals surface area contributed by atoms with E-state index in [0.29, 0.717) is 0 Å². The van der Waals surface area contributed by atoms with Gasteiger partial charge in [0.15, 0.2) is 5.75 Å². The number of methoxy groups -OCH3 is 1. The number of hydrogen-bond acceptors (Lipinski definition) is 5. The molecule has 0 bridgehead atoms. The van der Waals surface area contributed by atoms with Gasteiger partial charge in [0, 0.05) is 22.3 Å². The summed E-state index contributed by atoms with van der Waals surface area (Å²) in [6.45, 7) is 0. The first-order chi connectivity index (χ1) is 11.6. The average Bonchev–Trinajstić information content (AvgIpc) is 2.61. The van der Waals surface area contributed by atoms with E-state index < -0.39 is 4.92 Å². The van der Waals surface area contributed by atoms with Gasteiger partial charge >= 0.3 is 5.69 Å². The summed E-state index contributed by atoms with van der Waals surface area (Å²) in [4.78, 5) is 24.2. The van der Waals surface area contributed by atoms with Crippen LogP contribution in [0.3, 0.4) is 0 Å². The molecule has 6 nitrogen and oxygen atoms in total. The first-order valence-corrected chi connectivity index (χ1v) is 8.43. The number of nitro benzene ring substituents is 1. The van der Waals surface area contributed by atoms with Crippen LogP contribution >= 0.6 is 11.8 Å². The standard InChI is InChI=1S/C17H16N2O4S/c1-23-15-7-6-11(10-14(15)19(21)22)17(20)18-13-8-9-24-16-5-3-2-4-12(13)16/h2-7,10,13H,8-9H2,1H3,(H,18,20)/t13-/m1/s1. The van der Waals surface area contributed by atoms with E-state index in [-0.39, 0.29) is 28.9 Å². The zero-order chi connectivity index (χ0) is 17.1. The molecular weight excluding hydrogens is 328 g/mol. The van der Waals surface area contributed by atoms with Gasteiger partial charge in [-0.05, 0) is 30.2 Å². The fraction of sp³-hybridized carbons (Fsp3) is 0.235. The molecular formula is C17H16N2O4S. The van der Waals surface area contributed by atoms with Crippen LogP contribution in [-0.4, -0.2) is 23.7 Å². The highest BCUT2D eigenvalue weighted by Crippen LogP contribution is 2.36. The molecule has 124 valence electrons. The van der Waals surface area contributed by atoms with Crippen molar-refractivity contribution in [2.75, 3.05) is 12.9 Å². The number of benzene rings is 2. The van der Waals surface area contributed by atoms with Crippen molar-refractivity contribution in [2.24, 2.45) is 0 Å². The third kappa shape index (κ3) is 3.21. The van der Waals surface area contributed by atoms with E-state index in [1.54, 1.807) is 11.8 Å². The summed E-state index contributed by atoms with van der Waals surface area (Å²) in [7, 11) is 1.36. The van der Waals surface area contributed by atoms with Gasteiger partial charge < -0.3 is 10.1 Å². The molecule has 2 aromatic rings. The number of carbonyl (C=O) groups is 1. The van der Waals surface area contributed by atoms with Gasteiger partial charge in [-0.2, -0.15) is 0 Å². The molecule has 1 amide bonds. The van der Waals surface area contributed by atoms with E-state index in [1.807, 2.05) is 24.3 Å². The smallest absolute Gasteiger partial charge is 0.311 e. The third-order valence-corrected chi connectivity index (χ3v) is 5.02. The number of nitrogens with one attached hydrogen (secondary N) is 1. The van der Waals surface area contributed by atoms with E-state index >= 15 is 0 Å². The molecule has 1 N–H and O–H groups in total. The van der Waals surface area contributed by atoms with E-state index in [0.717, 1.165) is 22.6 Å². The van der Waals surface area contributed by atoms with Crippen molar-refractivity contribution in [3.05, 3.63) is 63.7 Å². The van der Waals surface area contributed by atoms with Gasteiger partial charge in [0.1, 0.15) is 0 Å². The first-order valence-electron chi connectivity index (χ1n) is 7.45. The predicted octanol–water partition coefficient (Wildman–Crippen LogP) is 3.57. The number of rotatable bonds is 4. The number of ether oxygens (including phenoxy) is 1. The van der Waals surface area contributed by atoms with Crippen molar-refractivity contribution in [3.8, 4) is 5.75 Å². The minimum absolute atomic E-state index is 0.0869. The van der Waals surface area contributed by atoms with Gasteiger partial charge in [-0.1, -0.05) is 18.2 Å². The fourth-order valence-corrected chi connectivity index (χ4v) is 3.83. The minimum Gasteiger partial charge on any atom is -0.490 e. The van der Waals surface area contributed by atoms with Crippen LogP contribution in [0.4, 0.5) is 5.69 Å². The molecule has 2 aromatic carbocycles. The van der Waals surface area contributed by atoms with Gasteiger partial charge in [0.05, 0.1) is 18.1 Å². The third-order valence-electron chi connectivity index (χ3n) is 3.90. The lowest BCUT2D eigenvalue weighted by molar-refractivity contribution is -0.385. The van der Waals surface area contributed by atoms with Gasteiger partial charge in [0.2, 0.25) is 0 Å². The molecule has 0 fully saturated rings. The Labute approximate surface area is 143 Å². The Balaban J connectivity index is 1.84. The molecule has 3 rings (SSSR count). The zero-order valence-corrected chi connectivity index (χ0v) is 13.8. The Morgan fingerprint density at radius 3 is 2.88 bits per heavy atom. The topological polar surface area (TPSA) is 81.5 Å². The van der Waals surface area contributed by atoms with Gasteiger partial charge in [0.25, 0.3) is 5.91 Å². The summed E-state index contributed by atoms with van der Waals surface area (Å²) in [5, 5.41) is 14.1. The van der Waals surface area contributed by atoms with Gasteiger partial charge in [-0.25, -0.2) is 0 Å². The van der Waals surface area contributed by atoms with Crippen molar-refractivity contribution >= 4 is 23.4 Å². The summed E-state index contributed by atoms with van der Waals surface area (Å²) in [6.07, 6.45) is 0.825. The fourth-order valence-electron chi connectivity index (χ4n) is 2.71. The molecule has 7 heteroatoms. The summed E-state index contributed by atoms with van der Waals surface area (Å²) >= 11 is 1.77. The van der Waals surface area contributed by atoms with Crippen LogP contribution in [0.15, 0.2) is 47.4 Å². The molecule has 0 unspecified atom stereocenters. The van der Waals surface area contributed by atoms with Gasteiger partial charge in [-0.3, -0.25) is 14.9 Å². The van der Waals surface area contributed by atoms with Crippen molar-refractivity contribution in [2.45, 2.75) is 17.4 Å². The number of fused-ring (bicyclic) bond motifs is 1. The molecule has 1 heterocycles. The lowest BCUT2D eigenvalue weighted by Gasteiger charge is -2.25. The Morgan fingerprint density at radius 2 is 2.12 bits per heavy atom. The van der Waals surface area contributed by atoms with Crippen LogP contribution in [-0.2, 0) is 0 Å². The molecule has 0 saturated carbocycles. The van der Waals surface area contributed by atoms with E-state index in [2.05, 4.69) is 5.32 Å². The Hall–Kier alpha value is -2.54. The molecule has 1 aliphatic rings. The summed E-state index contributed by atoms with van der Waals surface area (Å²) in [5.74, 6) is 0.730. The predicted molar refractivity (Wildman–Crippen MR) is 91.6 cm³/mol. The maximum absolute atomic E-state index is 12.5. The molecule has 0 saturated heterocycles. The maximum Gasteiger partial charge on any atom is 0.311 e. The molecule has 1 aliphatic heterocycles. The number of amides is 1. The Morgan fingerprint density at radius 1 is 1.33 bits per heavy atom. The minimum atomic E-state index is -0.553. The molecule has 0 spiro atoms. The normalized spacial score (nSPS) is 16.1. The number of carbonyl (C=O) groups excluding carboxylic acids is 1. The maximum atomic E-state index is 12.5. The Kier molecular flexibility index (Phi) is 4.71. The van der Waals surface area contributed by atoms with Crippen molar-refractivity contribution in [3.63, 3.8) is 0 Å². The first kappa shape index (κ1) is 16.3. The Bertz CT molecular complexity index is 794. The highest BCUT2D eigenvalue weighted by Gasteiger charge is 2.24. The summed E-state index contributed by atoms with van der Waals surface area (Å²) < 4.78 is 4.96. The molecule has 1 atom stereocenters. The monoisotopic (exact) mass is 344 g/mol. The van der Waals surface area contributed by atoms with Gasteiger partial charge in [-0.15, -0.1) is 11.8 Å². The van der Waals surface area contributed by atoms with Crippen LogP contribution in [0.25, 0.3) is 0 Å². The van der Waals surface area contributed by atoms with E-state index in [9.17, 15) is 14.9 Å². The van der Waals surface area contributed by atoms with Crippen LogP contribution in [0.5, 0.6) is 5.75 Å². The van der Waals surface area contributed by atoms with E-state index in [1.165, 1.54) is 25.3 Å². The largest absolute Gasteiger partial charge is 0.490 e. The quantitative estimate of drug-likeness (QED) is 0.677. The van der Waals surface area contributed by atoms with Crippen LogP contribution in [0.2, 0.25) is 0 Å². The van der Waals surface area contributed by atoms with Crippen molar-refractivity contribution in [1.82, 2.24) is 5.32 Å². The number of nitro groups is 1. The summed E-state index contributed by atoms with van der Waals surface area (Å²) in [5.41, 5.74) is 1.12. The average molecular weight is 344 g/mol. The van der Waals surface area contributed by atoms with Crippen molar-refractivity contribution < 1.29 is 14.5 Å². The highest BCUT2D eigenvalue weighted by atomic mass is 32.2. The van der Waals surface area contributed by atoms with Crippen molar-refractivity contribution in [1.29, 1.82) is 0 Å². The molecule has 24 heavy (non-hydrogen) atoms. The number of nitrogens with zero attached hydrogens (tertiary/aromatic N) is 1. The highest BCUT2D eigenvalue weighted by molar-refractivity contribution is 7.99. The second-order valence-electron chi connectivity index (χ2n) is 5.34. The number of hydrogen-bond donors (Lipinski definition) is 1. The molecule has 0 aromatic heterocycles. The van der Waals surface area contributed by atoms with E-state index in [4.69, 9.17) is 4.74 Å². The van der Waals surface area contributed by atoms with Crippen LogP contribution in [0, 0.1) is 10.1 Å². The lowest BCUT2D eigenvalue weighted by Crippen LogP contribution is -2.30. The lowest BCUT2D eigenvalue weighted by atomic mass is 10.0. The second kappa shape index (κ2) is 6.92. The summed E-state index contributed by atoms with van der Waals surface area (Å²) in [6, 6.07) is 12.1.